The van der Waals surface area contributed by atoms with Crippen LogP contribution < -0.4 is 11.5 Å². The molecule has 0 aliphatic rings. The Morgan fingerprint density at radius 3 is 3.08 bits per heavy atom. The van der Waals surface area contributed by atoms with Crippen molar-refractivity contribution in [2.24, 2.45) is 5.73 Å². The number of aromatic amines is 1. The summed E-state index contributed by atoms with van der Waals surface area (Å²) in [6.45, 7) is 0.605. The first-order valence-electron chi connectivity index (χ1n) is 4.11. The summed E-state index contributed by atoms with van der Waals surface area (Å²) in [5.41, 5.74) is 7.84. The normalized spacial score (nSPS) is 10.8. The molecule has 4 heteroatoms. The average molecular weight is 178 g/mol. The summed E-state index contributed by atoms with van der Waals surface area (Å²) < 4.78 is 4.86. The lowest BCUT2D eigenvalue weighted by Gasteiger charge is -1.96. The first kappa shape index (κ1) is 8.07. The maximum absolute atomic E-state index is 10.8. The van der Waals surface area contributed by atoms with Crippen LogP contribution in [0.3, 0.4) is 0 Å². The number of benzene rings is 1. The molecular formula is C9H10N2O2. The number of oxazole rings is 1. The van der Waals surface area contributed by atoms with Crippen molar-refractivity contribution in [2.45, 2.75) is 6.42 Å². The fraction of sp³-hybridized carbons (Fsp3) is 0.222. The van der Waals surface area contributed by atoms with E-state index in [0.29, 0.717) is 12.1 Å². The predicted octanol–water partition coefficient (Wildman–Crippen LogP) is 0.622. The van der Waals surface area contributed by atoms with Gasteiger partial charge in [-0.15, -0.1) is 0 Å². The van der Waals surface area contributed by atoms with Gasteiger partial charge >= 0.3 is 5.76 Å². The second kappa shape index (κ2) is 3.06. The summed E-state index contributed by atoms with van der Waals surface area (Å²) in [6, 6.07) is 5.57. The maximum Gasteiger partial charge on any atom is 0.417 e. The van der Waals surface area contributed by atoms with Gasteiger partial charge in [0.2, 0.25) is 0 Å². The summed E-state index contributed by atoms with van der Waals surface area (Å²) in [5, 5.41) is 0. The highest BCUT2D eigenvalue weighted by Crippen LogP contribution is 2.11. The number of fused-ring (bicyclic) bond motifs is 1. The highest BCUT2D eigenvalue weighted by atomic mass is 16.4. The van der Waals surface area contributed by atoms with E-state index in [1.165, 1.54) is 0 Å². The zero-order chi connectivity index (χ0) is 9.26. The minimum atomic E-state index is -0.417. The van der Waals surface area contributed by atoms with Crippen molar-refractivity contribution < 1.29 is 4.42 Å². The van der Waals surface area contributed by atoms with E-state index in [1.807, 2.05) is 12.1 Å². The third-order valence-electron chi connectivity index (χ3n) is 1.92. The Morgan fingerprint density at radius 1 is 1.46 bits per heavy atom. The molecule has 0 fully saturated rings. The summed E-state index contributed by atoms with van der Waals surface area (Å²) in [6.07, 6.45) is 0.809. The zero-order valence-electron chi connectivity index (χ0n) is 7.04. The van der Waals surface area contributed by atoms with Crippen molar-refractivity contribution in [1.29, 1.82) is 0 Å². The van der Waals surface area contributed by atoms with Gasteiger partial charge in [-0.25, -0.2) is 4.79 Å². The molecule has 0 aliphatic heterocycles. The van der Waals surface area contributed by atoms with Crippen molar-refractivity contribution in [3.8, 4) is 0 Å². The molecule has 0 bridgehead atoms. The summed E-state index contributed by atoms with van der Waals surface area (Å²) in [5.74, 6) is -0.417. The molecule has 0 amide bonds. The minimum absolute atomic E-state index is 0.417. The number of hydrogen-bond donors (Lipinski definition) is 2. The average Bonchev–Trinajstić information content (AvgIpc) is 2.44. The van der Waals surface area contributed by atoms with Gasteiger partial charge in [-0.05, 0) is 30.7 Å². The number of aromatic nitrogens is 1. The molecule has 4 nitrogen and oxygen atoms in total. The van der Waals surface area contributed by atoms with Crippen LogP contribution in [0.2, 0.25) is 0 Å². The quantitative estimate of drug-likeness (QED) is 0.708. The Labute approximate surface area is 74.4 Å². The van der Waals surface area contributed by atoms with Crippen molar-refractivity contribution in [2.75, 3.05) is 6.54 Å². The van der Waals surface area contributed by atoms with Gasteiger partial charge in [0.15, 0.2) is 5.58 Å². The van der Waals surface area contributed by atoms with E-state index in [-0.39, 0.29) is 0 Å². The van der Waals surface area contributed by atoms with Crippen LogP contribution in [-0.4, -0.2) is 11.5 Å². The molecule has 0 saturated heterocycles. The smallest absolute Gasteiger partial charge is 0.408 e. The maximum atomic E-state index is 10.8. The first-order valence-corrected chi connectivity index (χ1v) is 4.11. The predicted molar refractivity (Wildman–Crippen MR) is 49.6 cm³/mol. The van der Waals surface area contributed by atoms with E-state index < -0.39 is 5.76 Å². The van der Waals surface area contributed by atoms with Crippen LogP contribution in [0.15, 0.2) is 27.4 Å². The lowest BCUT2D eigenvalue weighted by atomic mass is 10.1. The fourth-order valence-corrected chi connectivity index (χ4v) is 1.32. The van der Waals surface area contributed by atoms with Gasteiger partial charge in [0.1, 0.15) is 0 Å². The van der Waals surface area contributed by atoms with Gasteiger partial charge in [0.25, 0.3) is 0 Å². The fourth-order valence-electron chi connectivity index (χ4n) is 1.32. The van der Waals surface area contributed by atoms with E-state index in [2.05, 4.69) is 4.98 Å². The molecule has 0 spiro atoms. The lowest BCUT2D eigenvalue weighted by Crippen LogP contribution is -2.02. The van der Waals surface area contributed by atoms with E-state index in [1.54, 1.807) is 6.07 Å². The standard InChI is InChI=1S/C9H10N2O2/c10-4-3-6-1-2-8-7(5-6)11-9(12)13-8/h1-2,5H,3-4,10H2,(H,11,12). The van der Waals surface area contributed by atoms with Crippen molar-refractivity contribution in [3.05, 3.63) is 34.3 Å². The zero-order valence-corrected chi connectivity index (χ0v) is 7.04. The number of H-pyrrole nitrogens is 1. The number of nitrogens with one attached hydrogen (secondary N) is 1. The van der Waals surface area contributed by atoms with Gasteiger partial charge in [-0.3, -0.25) is 4.98 Å². The Bertz CT molecular complexity index is 470. The molecular weight excluding hydrogens is 168 g/mol. The summed E-state index contributed by atoms with van der Waals surface area (Å²) in [4.78, 5) is 13.4. The minimum Gasteiger partial charge on any atom is -0.408 e. The summed E-state index contributed by atoms with van der Waals surface area (Å²) >= 11 is 0. The largest absolute Gasteiger partial charge is 0.417 e. The van der Waals surface area contributed by atoms with E-state index in [9.17, 15) is 4.79 Å². The second-order valence-corrected chi connectivity index (χ2v) is 2.88. The van der Waals surface area contributed by atoms with Crippen LogP contribution >= 0.6 is 0 Å². The topological polar surface area (TPSA) is 72.0 Å². The van der Waals surface area contributed by atoms with Gasteiger partial charge in [0, 0.05) is 0 Å². The Kier molecular flexibility index (Phi) is 1.90. The molecule has 0 atom stereocenters. The van der Waals surface area contributed by atoms with Crippen LogP contribution in [0.5, 0.6) is 0 Å². The highest BCUT2D eigenvalue weighted by Gasteiger charge is 2.00. The van der Waals surface area contributed by atoms with Gasteiger partial charge in [0.05, 0.1) is 5.52 Å². The molecule has 2 aromatic rings. The number of hydrogen-bond acceptors (Lipinski definition) is 3. The molecule has 3 N–H and O–H groups in total. The van der Waals surface area contributed by atoms with E-state index in [0.717, 1.165) is 17.5 Å². The molecule has 2 rings (SSSR count). The van der Waals surface area contributed by atoms with Crippen LogP contribution in [0, 0.1) is 0 Å². The monoisotopic (exact) mass is 178 g/mol. The van der Waals surface area contributed by atoms with E-state index >= 15 is 0 Å². The molecule has 1 aromatic heterocycles. The molecule has 1 aromatic carbocycles. The van der Waals surface area contributed by atoms with Crippen molar-refractivity contribution in [3.63, 3.8) is 0 Å². The Hall–Kier alpha value is -1.55. The second-order valence-electron chi connectivity index (χ2n) is 2.88. The van der Waals surface area contributed by atoms with Crippen LogP contribution in [0.1, 0.15) is 5.56 Å². The van der Waals surface area contributed by atoms with Gasteiger partial charge in [-0.1, -0.05) is 6.07 Å². The molecule has 0 unspecified atom stereocenters. The van der Waals surface area contributed by atoms with Crippen LogP contribution in [0.4, 0.5) is 0 Å². The first-order chi connectivity index (χ1) is 6.29. The third kappa shape index (κ3) is 1.48. The summed E-state index contributed by atoms with van der Waals surface area (Å²) in [7, 11) is 0. The van der Waals surface area contributed by atoms with Crippen molar-refractivity contribution in [1.82, 2.24) is 4.98 Å². The van der Waals surface area contributed by atoms with Crippen molar-refractivity contribution >= 4 is 11.1 Å². The Balaban J connectivity index is 2.54. The Morgan fingerprint density at radius 2 is 2.31 bits per heavy atom. The van der Waals surface area contributed by atoms with E-state index in [4.69, 9.17) is 10.2 Å². The molecule has 0 saturated carbocycles. The van der Waals surface area contributed by atoms with Crippen LogP contribution in [0.25, 0.3) is 11.1 Å². The molecule has 13 heavy (non-hydrogen) atoms. The molecule has 0 aliphatic carbocycles. The van der Waals surface area contributed by atoms with Gasteiger partial charge < -0.3 is 10.2 Å². The van der Waals surface area contributed by atoms with Gasteiger partial charge in [-0.2, -0.15) is 0 Å². The molecule has 68 valence electrons. The highest BCUT2D eigenvalue weighted by molar-refractivity contribution is 5.72. The lowest BCUT2D eigenvalue weighted by molar-refractivity contribution is 0.555. The SMILES string of the molecule is NCCc1ccc2oc(=O)[nH]c2c1. The third-order valence-corrected chi connectivity index (χ3v) is 1.92. The molecule has 1 heterocycles. The van der Waals surface area contributed by atoms with Crippen LogP contribution in [-0.2, 0) is 6.42 Å². The number of rotatable bonds is 2. The molecule has 0 radical (unpaired) electrons. The number of nitrogens with two attached hydrogens (primary N) is 1.